The minimum atomic E-state index is -0.287. The van der Waals surface area contributed by atoms with Gasteiger partial charge in [-0.2, -0.15) is 0 Å². The number of benzene rings is 2. The molecule has 1 amide bonds. The first kappa shape index (κ1) is 20.9. The summed E-state index contributed by atoms with van der Waals surface area (Å²) in [6.45, 7) is 5.61. The second kappa shape index (κ2) is 9.19. The van der Waals surface area contributed by atoms with Gasteiger partial charge < -0.3 is 19.6 Å². The van der Waals surface area contributed by atoms with Crippen molar-refractivity contribution in [2.45, 2.75) is 31.8 Å². The van der Waals surface area contributed by atoms with Crippen molar-refractivity contribution in [2.24, 2.45) is 5.92 Å². The van der Waals surface area contributed by atoms with Gasteiger partial charge in [-0.25, -0.2) is 4.79 Å². The highest BCUT2D eigenvalue weighted by Gasteiger charge is 2.30. The second-order valence-corrected chi connectivity index (χ2v) is 8.78. The molecule has 5 nitrogen and oxygen atoms in total. The molecule has 0 bridgehead atoms. The van der Waals surface area contributed by atoms with Gasteiger partial charge >= 0.3 is 6.09 Å². The van der Waals surface area contributed by atoms with E-state index in [0.717, 1.165) is 39.0 Å². The molecule has 30 heavy (non-hydrogen) atoms. The molecule has 1 unspecified atom stereocenters. The maximum absolute atomic E-state index is 12.7. The van der Waals surface area contributed by atoms with E-state index in [-0.39, 0.29) is 18.1 Å². The van der Waals surface area contributed by atoms with Gasteiger partial charge in [0.15, 0.2) is 0 Å². The minimum absolute atomic E-state index is 0.0958. The van der Waals surface area contributed by atoms with Gasteiger partial charge in [-0.3, -0.25) is 0 Å². The van der Waals surface area contributed by atoms with Crippen LogP contribution in [-0.4, -0.2) is 66.9 Å². The quantitative estimate of drug-likeness (QED) is 0.786. The average molecular weight is 409 g/mol. The maximum atomic E-state index is 12.7. The predicted molar refractivity (Wildman–Crippen MR) is 119 cm³/mol. The number of aliphatic hydroxyl groups excluding tert-OH is 1. The van der Waals surface area contributed by atoms with Gasteiger partial charge in [0.1, 0.15) is 6.61 Å². The number of amides is 1. The number of likely N-dealkylation sites (tertiary alicyclic amines) is 1. The Bertz CT molecular complexity index is 829. The molecule has 0 aromatic heterocycles. The fraction of sp³-hybridized carbons (Fsp3) is 0.480. The minimum Gasteiger partial charge on any atom is -0.448 e. The number of aliphatic hydroxyl groups is 1. The summed E-state index contributed by atoms with van der Waals surface area (Å²) in [6.07, 6.45) is 1.56. The molecule has 2 aromatic rings. The zero-order chi connectivity index (χ0) is 21.1. The van der Waals surface area contributed by atoms with Gasteiger partial charge in [0.05, 0.1) is 6.10 Å². The van der Waals surface area contributed by atoms with E-state index in [0.29, 0.717) is 12.5 Å². The van der Waals surface area contributed by atoms with E-state index in [9.17, 15) is 9.90 Å². The van der Waals surface area contributed by atoms with Crippen molar-refractivity contribution in [1.82, 2.24) is 9.80 Å². The molecule has 5 heteroatoms. The highest BCUT2D eigenvalue weighted by atomic mass is 16.6. The molecule has 160 valence electrons. The smallest absolute Gasteiger partial charge is 0.409 e. The topological polar surface area (TPSA) is 53.0 Å². The summed E-state index contributed by atoms with van der Waals surface area (Å²) in [5.41, 5.74) is 4.96. The zero-order valence-corrected chi connectivity index (χ0v) is 18.0. The lowest BCUT2D eigenvalue weighted by molar-refractivity contribution is 0.0806. The molecule has 0 radical (unpaired) electrons. The number of hydrogen-bond acceptors (Lipinski definition) is 4. The fourth-order valence-electron chi connectivity index (χ4n) is 4.89. The Morgan fingerprint density at radius 3 is 2.23 bits per heavy atom. The summed E-state index contributed by atoms with van der Waals surface area (Å²) in [5, 5.41) is 9.55. The molecule has 1 saturated heterocycles. The van der Waals surface area contributed by atoms with Crippen LogP contribution in [0.5, 0.6) is 0 Å². The van der Waals surface area contributed by atoms with E-state index in [4.69, 9.17) is 4.74 Å². The van der Waals surface area contributed by atoms with Gasteiger partial charge in [0.25, 0.3) is 0 Å². The number of hydrogen-bond donors (Lipinski definition) is 1. The van der Waals surface area contributed by atoms with Crippen molar-refractivity contribution in [3.8, 4) is 11.1 Å². The Balaban J connectivity index is 1.31. The molecule has 4 rings (SSSR count). The summed E-state index contributed by atoms with van der Waals surface area (Å²) in [4.78, 5) is 16.7. The SMILES string of the molecule is CC(O)CN1CCC(CN(C)C(=O)OCC2c3ccccc3-c3ccccc32)CC1. The number of carbonyl (C=O) groups excluding carboxylic acids is 1. The lowest BCUT2D eigenvalue weighted by atomic mass is 9.96. The van der Waals surface area contributed by atoms with Crippen LogP contribution in [0.4, 0.5) is 4.79 Å². The zero-order valence-electron chi connectivity index (χ0n) is 18.0. The third-order valence-electron chi connectivity index (χ3n) is 6.41. The number of carbonyl (C=O) groups is 1. The van der Waals surface area contributed by atoms with Gasteiger partial charge in [0.2, 0.25) is 0 Å². The third-order valence-corrected chi connectivity index (χ3v) is 6.41. The molecule has 0 spiro atoms. The van der Waals surface area contributed by atoms with Crippen LogP contribution in [0.3, 0.4) is 0 Å². The molecular weight excluding hydrogens is 376 g/mol. The predicted octanol–water partition coefficient (Wildman–Crippen LogP) is 3.96. The Kier molecular flexibility index (Phi) is 6.40. The molecule has 1 aliphatic carbocycles. The molecule has 1 atom stereocenters. The highest BCUT2D eigenvalue weighted by Crippen LogP contribution is 2.44. The lowest BCUT2D eigenvalue weighted by Gasteiger charge is -2.34. The first-order valence-electron chi connectivity index (χ1n) is 11.0. The van der Waals surface area contributed by atoms with Crippen LogP contribution >= 0.6 is 0 Å². The van der Waals surface area contributed by atoms with Crippen LogP contribution in [0.15, 0.2) is 48.5 Å². The van der Waals surface area contributed by atoms with Crippen LogP contribution in [-0.2, 0) is 4.74 Å². The largest absolute Gasteiger partial charge is 0.448 e. The molecule has 1 heterocycles. The van der Waals surface area contributed by atoms with Crippen molar-refractivity contribution in [3.05, 3.63) is 59.7 Å². The number of piperidine rings is 1. The van der Waals surface area contributed by atoms with E-state index in [1.807, 2.05) is 14.0 Å². The average Bonchev–Trinajstić information content (AvgIpc) is 3.07. The number of ether oxygens (including phenoxy) is 1. The Hall–Kier alpha value is -2.37. The maximum Gasteiger partial charge on any atom is 0.409 e. The summed E-state index contributed by atoms with van der Waals surface area (Å²) in [7, 11) is 1.83. The van der Waals surface area contributed by atoms with E-state index in [1.165, 1.54) is 22.3 Å². The van der Waals surface area contributed by atoms with Crippen LogP contribution in [0.1, 0.15) is 36.8 Å². The van der Waals surface area contributed by atoms with E-state index in [2.05, 4.69) is 53.4 Å². The normalized spacial score (nSPS) is 18.0. The van der Waals surface area contributed by atoms with Crippen molar-refractivity contribution in [3.63, 3.8) is 0 Å². The monoisotopic (exact) mass is 408 g/mol. The van der Waals surface area contributed by atoms with E-state index >= 15 is 0 Å². The summed E-state index contributed by atoms with van der Waals surface area (Å²) < 4.78 is 5.76. The Morgan fingerprint density at radius 1 is 1.10 bits per heavy atom. The summed E-state index contributed by atoms with van der Waals surface area (Å²) in [6, 6.07) is 16.8. The number of fused-ring (bicyclic) bond motifs is 3. The van der Waals surface area contributed by atoms with Crippen molar-refractivity contribution in [1.29, 1.82) is 0 Å². The molecule has 2 aromatic carbocycles. The standard InChI is InChI=1S/C25H32N2O3/c1-18(28)15-27-13-11-19(12-14-27)16-26(2)25(29)30-17-24-22-9-5-3-7-20(22)21-8-4-6-10-23(21)24/h3-10,18-19,24,28H,11-17H2,1-2H3. The fourth-order valence-corrected chi connectivity index (χ4v) is 4.89. The molecule has 0 saturated carbocycles. The van der Waals surface area contributed by atoms with Gasteiger partial charge in [-0.1, -0.05) is 48.5 Å². The number of rotatable bonds is 6. The first-order valence-corrected chi connectivity index (χ1v) is 11.0. The second-order valence-electron chi connectivity index (χ2n) is 8.78. The van der Waals surface area contributed by atoms with Crippen LogP contribution in [0, 0.1) is 5.92 Å². The highest BCUT2D eigenvalue weighted by molar-refractivity contribution is 5.79. The molecule has 2 aliphatic rings. The Morgan fingerprint density at radius 2 is 1.67 bits per heavy atom. The van der Waals surface area contributed by atoms with Gasteiger partial charge in [-0.15, -0.1) is 0 Å². The summed E-state index contributed by atoms with van der Waals surface area (Å²) >= 11 is 0. The van der Waals surface area contributed by atoms with Crippen molar-refractivity contribution in [2.75, 3.05) is 39.8 Å². The molecular formula is C25H32N2O3. The van der Waals surface area contributed by atoms with Gasteiger partial charge in [0, 0.05) is 26.1 Å². The van der Waals surface area contributed by atoms with E-state index < -0.39 is 0 Å². The van der Waals surface area contributed by atoms with E-state index in [1.54, 1.807) is 4.90 Å². The molecule has 1 N–H and O–H groups in total. The lowest BCUT2D eigenvalue weighted by Crippen LogP contribution is -2.41. The first-order chi connectivity index (χ1) is 14.5. The third kappa shape index (κ3) is 4.52. The molecule has 1 fully saturated rings. The number of nitrogens with zero attached hydrogens (tertiary/aromatic N) is 2. The Labute approximate surface area is 179 Å². The number of β-amino-alcohol motifs (C(OH)–C–C–N with tert-alkyl or cyclic N) is 1. The van der Waals surface area contributed by atoms with Crippen LogP contribution in [0.25, 0.3) is 11.1 Å². The van der Waals surface area contributed by atoms with Crippen molar-refractivity contribution >= 4 is 6.09 Å². The molecule has 1 aliphatic heterocycles. The van der Waals surface area contributed by atoms with Crippen LogP contribution < -0.4 is 0 Å². The van der Waals surface area contributed by atoms with Crippen LogP contribution in [0.2, 0.25) is 0 Å². The van der Waals surface area contributed by atoms with Crippen molar-refractivity contribution < 1.29 is 14.6 Å². The summed E-state index contributed by atoms with van der Waals surface area (Å²) in [5.74, 6) is 0.583. The van der Waals surface area contributed by atoms with Gasteiger partial charge in [-0.05, 0) is 61.0 Å².